The average molecular weight is 417 g/mol. The molecule has 0 saturated heterocycles. The third-order valence-electron chi connectivity index (χ3n) is 3.36. The Labute approximate surface area is 162 Å². The number of hydrogen-bond donors (Lipinski definition) is 2. The van der Waals surface area contributed by atoms with Crippen molar-refractivity contribution in [2.75, 3.05) is 16.6 Å². The minimum absolute atomic E-state index is 0.0663. The van der Waals surface area contributed by atoms with Crippen LogP contribution in [-0.4, -0.2) is 20.9 Å². The number of amides is 1. The van der Waals surface area contributed by atoms with Gasteiger partial charge in [-0.05, 0) is 37.3 Å². The number of nitrogens with one attached hydrogen (secondary N) is 2. The molecule has 0 fully saturated rings. The monoisotopic (exact) mass is 416 g/mol. The summed E-state index contributed by atoms with van der Waals surface area (Å²) in [5.41, 5.74) is 0.357. The SMILES string of the molecule is CCOc1ccc(S(=O)(=O)Nc2c(Cl)cccc2Cl)cc1NC(=O)CC. The maximum atomic E-state index is 12.7. The zero-order chi connectivity index (χ0) is 19.3. The molecule has 2 rings (SSSR count). The van der Waals surface area contributed by atoms with Gasteiger partial charge in [0.1, 0.15) is 5.75 Å². The summed E-state index contributed by atoms with van der Waals surface area (Å²) in [5, 5.41) is 2.98. The highest BCUT2D eigenvalue weighted by molar-refractivity contribution is 7.92. The van der Waals surface area contributed by atoms with Crippen LogP contribution in [0, 0.1) is 0 Å². The van der Waals surface area contributed by atoms with Crippen LogP contribution in [0.4, 0.5) is 11.4 Å². The number of benzene rings is 2. The van der Waals surface area contributed by atoms with Gasteiger partial charge in [-0.2, -0.15) is 0 Å². The van der Waals surface area contributed by atoms with Crippen molar-refractivity contribution in [3.63, 3.8) is 0 Å². The molecule has 26 heavy (non-hydrogen) atoms. The summed E-state index contributed by atoms with van der Waals surface area (Å²) in [5.74, 6) is 0.117. The third kappa shape index (κ3) is 4.81. The fourth-order valence-electron chi connectivity index (χ4n) is 2.08. The highest BCUT2D eigenvalue weighted by atomic mass is 35.5. The molecule has 0 unspecified atom stereocenters. The average Bonchev–Trinajstić information content (AvgIpc) is 2.59. The van der Waals surface area contributed by atoms with E-state index in [0.717, 1.165) is 0 Å². The Kier molecular flexibility index (Phi) is 6.75. The van der Waals surface area contributed by atoms with Crippen molar-refractivity contribution >= 4 is 50.5 Å². The number of para-hydroxylation sites is 1. The Hall–Kier alpha value is -1.96. The third-order valence-corrected chi connectivity index (χ3v) is 5.33. The predicted molar refractivity (Wildman–Crippen MR) is 104 cm³/mol. The summed E-state index contributed by atoms with van der Waals surface area (Å²) >= 11 is 12.0. The summed E-state index contributed by atoms with van der Waals surface area (Å²) in [6.07, 6.45) is 0.246. The molecule has 0 saturated carbocycles. The molecule has 2 N–H and O–H groups in total. The van der Waals surface area contributed by atoms with E-state index in [9.17, 15) is 13.2 Å². The number of carbonyl (C=O) groups is 1. The molecule has 0 heterocycles. The zero-order valence-electron chi connectivity index (χ0n) is 14.2. The molecule has 140 valence electrons. The smallest absolute Gasteiger partial charge is 0.262 e. The van der Waals surface area contributed by atoms with E-state index in [1.54, 1.807) is 19.9 Å². The predicted octanol–water partition coefficient (Wildman–Crippen LogP) is 4.54. The van der Waals surface area contributed by atoms with Gasteiger partial charge >= 0.3 is 0 Å². The van der Waals surface area contributed by atoms with Crippen molar-refractivity contribution in [1.29, 1.82) is 0 Å². The highest BCUT2D eigenvalue weighted by Gasteiger charge is 2.20. The molecule has 0 aliphatic heterocycles. The quantitative estimate of drug-likeness (QED) is 0.693. The molecule has 9 heteroatoms. The Morgan fingerprint density at radius 1 is 1.12 bits per heavy atom. The lowest BCUT2D eigenvalue weighted by Gasteiger charge is -2.15. The van der Waals surface area contributed by atoms with Crippen molar-refractivity contribution in [1.82, 2.24) is 0 Å². The normalized spacial score (nSPS) is 11.1. The largest absolute Gasteiger partial charge is 0.492 e. The fraction of sp³-hybridized carbons (Fsp3) is 0.235. The van der Waals surface area contributed by atoms with Crippen LogP contribution in [0.15, 0.2) is 41.3 Å². The van der Waals surface area contributed by atoms with Crippen LogP contribution >= 0.6 is 23.2 Å². The van der Waals surface area contributed by atoms with Crippen LogP contribution in [0.25, 0.3) is 0 Å². The van der Waals surface area contributed by atoms with Crippen LogP contribution in [0.1, 0.15) is 20.3 Å². The number of carbonyl (C=O) groups excluding carboxylic acids is 1. The van der Waals surface area contributed by atoms with E-state index < -0.39 is 10.0 Å². The van der Waals surface area contributed by atoms with Crippen molar-refractivity contribution in [3.05, 3.63) is 46.4 Å². The minimum atomic E-state index is -3.98. The summed E-state index contributed by atoms with van der Waals surface area (Å²) in [6, 6.07) is 8.84. The van der Waals surface area contributed by atoms with Crippen molar-refractivity contribution in [2.24, 2.45) is 0 Å². The Morgan fingerprint density at radius 2 is 1.77 bits per heavy atom. The highest BCUT2D eigenvalue weighted by Crippen LogP contribution is 2.33. The molecule has 0 aromatic heterocycles. The van der Waals surface area contributed by atoms with E-state index in [2.05, 4.69) is 10.0 Å². The van der Waals surface area contributed by atoms with Gasteiger partial charge in [-0.15, -0.1) is 0 Å². The first-order chi connectivity index (χ1) is 12.3. The van der Waals surface area contributed by atoms with Crippen molar-refractivity contribution < 1.29 is 17.9 Å². The van der Waals surface area contributed by atoms with E-state index in [1.807, 2.05) is 0 Å². The molecule has 0 spiro atoms. The first kappa shape index (κ1) is 20.4. The van der Waals surface area contributed by atoms with Crippen molar-refractivity contribution in [2.45, 2.75) is 25.2 Å². The van der Waals surface area contributed by atoms with Gasteiger partial charge < -0.3 is 10.1 Å². The molecular weight excluding hydrogens is 399 g/mol. The molecule has 0 aliphatic rings. The topological polar surface area (TPSA) is 84.5 Å². The molecule has 6 nitrogen and oxygen atoms in total. The molecule has 0 bridgehead atoms. The van der Waals surface area contributed by atoms with E-state index in [4.69, 9.17) is 27.9 Å². The lowest BCUT2D eigenvalue weighted by atomic mass is 10.3. The first-order valence-corrected chi connectivity index (χ1v) is 10.1. The van der Waals surface area contributed by atoms with Gasteiger partial charge in [0.05, 0.1) is 32.9 Å². The van der Waals surface area contributed by atoms with E-state index in [0.29, 0.717) is 12.4 Å². The van der Waals surface area contributed by atoms with Crippen molar-refractivity contribution in [3.8, 4) is 5.75 Å². The standard InChI is InChI=1S/C17H18Cl2N2O4S/c1-3-16(22)20-14-10-11(8-9-15(14)25-4-2)26(23,24)21-17-12(18)6-5-7-13(17)19/h5-10,21H,3-4H2,1-2H3,(H,20,22). The molecule has 0 radical (unpaired) electrons. The minimum Gasteiger partial charge on any atom is -0.492 e. The Balaban J connectivity index is 2.42. The van der Waals surface area contributed by atoms with Gasteiger partial charge in [0, 0.05) is 6.42 Å². The van der Waals surface area contributed by atoms with E-state index >= 15 is 0 Å². The van der Waals surface area contributed by atoms with Crippen LogP contribution in [0.3, 0.4) is 0 Å². The number of rotatable bonds is 7. The molecule has 0 aliphatic carbocycles. The molecule has 2 aromatic carbocycles. The van der Waals surface area contributed by atoms with Crippen LogP contribution < -0.4 is 14.8 Å². The van der Waals surface area contributed by atoms with Crippen LogP contribution in [-0.2, 0) is 14.8 Å². The summed E-state index contributed by atoms with van der Waals surface area (Å²) in [6.45, 7) is 3.85. The zero-order valence-corrected chi connectivity index (χ0v) is 16.5. The Morgan fingerprint density at radius 3 is 2.35 bits per heavy atom. The number of ether oxygens (including phenoxy) is 1. The van der Waals surface area contributed by atoms with Gasteiger partial charge in [0.2, 0.25) is 5.91 Å². The Bertz CT molecular complexity index is 897. The maximum absolute atomic E-state index is 12.7. The number of hydrogen-bond acceptors (Lipinski definition) is 4. The van der Waals surface area contributed by atoms with Gasteiger partial charge in [-0.3, -0.25) is 9.52 Å². The molecular formula is C17H18Cl2N2O4S. The molecule has 0 atom stereocenters. The number of anilines is 2. The molecule has 1 amide bonds. The van der Waals surface area contributed by atoms with Gasteiger partial charge in [-0.1, -0.05) is 36.2 Å². The second-order valence-corrected chi connectivity index (χ2v) is 7.69. The summed E-state index contributed by atoms with van der Waals surface area (Å²) in [4.78, 5) is 11.6. The summed E-state index contributed by atoms with van der Waals surface area (Å²) < 4.78 is 33.2. The van der Waals surface area contributed by atoms with Gasteiger partial charge in [0.25, 0.3) is 10.0 Å². The number of halogens is 2. The second-order valence-electron chi connectivity index (χ2n) is 5.19. The summed E-state index contributed by atoms with van der Waals surface area (Å²) in [7, 11) is -3.98. The fourth-order valence-corrected chi connectivity index (χ4v) is 3.81. The van der Waals surface area contributed by atoms with E-state index in [-0.39, 0.29) is 38.6 Å². The lowest BCUT2D eigenvalue weighted by molar-refractivity contribution is -0.115. The lowest BCUT2D eigenvalue weighted by Crippen LogP contribution is -2.15. The first-order valence-electron chi connectivity index (χ1n) is 7.82. The van der Waals surface area contributed by atoms with Crippen LogP contribution in [0.2, 0.25) is 10.0 Å². The number of sulfonamides is 1. The van der Waals surface area contributed by atoms with Gasteiger partial charge in [-0.25, -0.2) is 8.42 Å². The maximum Gasteiger partial charge on any atom is 0.262 e. The van der Waals surface area contributed by atoms with Gasteiger partial charge in [0.15, 0.2) is 0 Å². The van der Waals surface area contributed by atoms with E-state index in [1.165, 1.54) is 30.3 Å². The molecule has 2 aromatic rings. The van der Waals surface area contributed by atoms with Crippen LogP contribution in [0.5, 0.6) is 5.75 Å². The second kappa shape index (κ2) is 8.62.